The molecule has 0 bridgehead atoms. The standard InChI is InChI=1S/C23H19N5OS/c24-12-19-11-20(13-25)23(27-22(19)26)30-16-21(29)28(14-17-7-3-1-4-8-17)15-18-9-5-2-6-10-18/h1-11H,14-16H2,(H2,26,27). The first-order chi connectivity index (χ1) is 14.6. The van der Waals surface area contributed by atoms with E-state index in [-0.39, 0.29) is 28.6 Å². The maximum absolute atomic E-state index is 13.0. The largest absolute Gasteiger partial charge is 0.383 e. The fourth-order valence-corrected chi connectivity index (χ4v) is 3.72. The monoisotopic (exact) mass is 413 g/mol. The van der Waals surface area contributed by atoms with Crippen LogP contribution >= 0.6 is 11.8 Å². The van der Waals surface area contributed by atoms with Crippen molar-refractivity contribution in [2.24, 2.45) is 0 Å². The van der Waals surface area contributed by atoms with Crippen molar-refractivity contribution >= 4 is 23.5 Å². The highest BCUT2D eigenvalue weighted by molar-refractivity contribution is 8.00. The normalized spacial score (nSPS) is 10.1. The van der Waals surface area contributed by atoms with Gasteiger partial charge in [0.15, 0.2) is 0 Å². The Bertz CT molecular complexity index is 1060. The van der Waals surface area contributed by atoms with Crippen molar-refractivity contribution in [3.8, 4) is 12.1 Å². The zero-order valence-electron chi connectivity index (χ0n) is 16.2. The molecule has 0 aliphatic rings. The van der Waals surface area contributed by atoms with Crippen molar-refractivity contribution in [3.63, 3.8) is 0 Å². The lowest BCUT2D eigenvalue weighted by Crippen LogP contribution is -2.31. The molecule has 2 aromatic carbocycles. The third-order valence-corrected chi connectivity index (χ3v) is 5.35. The number of nitrogen functional groups attached to an aromatic ring is 1. The van der Waals surface area contributed by atoms with Crippen LogP contribution < -0.4 is 5.73 Å². The van der Waals surface area contributed by atoms with Gasteiger partial charge in [-0.05, 0) is 17.2 Å². The van der Waals surface area contributed by atoms with Gasteiger partial charge in [-0.1, -0.05) is 72.4 Å². The Hall–Kier alpha value is -3.81. The summed E-state index contributed by atoms with van der Waals surface area (Å²) in [6, 6.07) is 24.9. The number of anilines is 1. The molecule has 30 heavy (non-hydrogen) atoms. The number of amides is 1. The molecular weight excluding hydrogens is 394 g/mol. The third-order valence-electron chi connectivity index (χ3n) is 4.38. The number of carbonyl (C=O) groups is 1. The van der Waals surface area contributed by atoms with Crippen molar-refractivity contribution in [2.45, 2.75) is 18.1 Å². The van der Waals surface area contributed by atoms with Crippen LogP contribution in [0.5, 0.6) is 0 Å². The lowest BCUT2D eigenvalue weighted by Gasteiger charge is -2.23. The van der Waals surface area contributed by atoms with Crippen molar-refractivity contribution < 1.29 is 4.79 Å². The Morgan fingerprint density at radius 3 is 1.97 bits per heavy atom. The fraction of sp³-hybridized carbons (Fsp3) is 0.130. The van der Waals surface area contributed by atoms with Gasteiger partial charge < -0.3 is 10.6 Å². The van der Waals surface area contributed by atoms with Crippen molar-refractivity contribution in [2.75, 3.05) is 11.5 Å². The van der Waals surface area contributed by atoms with Crippen LogP contribution in [0.2, 0.25) is 0 Å². The maximum atomic E-state index is 13.0. The molecule has 0 atom stereocenters. The predicted octanol–water partition coefficient (Wildman–Crippen LogP) is 3.73. The minimum atomic E-state index is -0.0821. The second-order valence-corrected chi connectivity index (χ2v) is 7.47. The topological polar surface area (TPSA) is 107 Å². The predicted molar refractivity (Wildman–Crippen MR) is 116 cm³/mol. The van der Waals surface area contributed by atoms with Gasteiger partial charge in [-0.15, -0.1) is 0 Å². The summed E-state index contributed by atoms with van der Waals surface area (Å²) in [4.78, 5) is 19.0. The van der Waals surface area contributed by atoms with Crippen molar-refractivity contribution in [1.29, 1.82) is 10.5 Å². The smallest absolute Gasteiger partial charge is 0.233 e. The number of carbonyl (C=O) groups excluding carboxylic acids is 1. The number of hydrogen-bond donors (Lipinski definition) is 1. The first-order valence-corrected chi connectivity index (χ1v) is 10.2. The maximum Gasteiger partial charge on any atom is 0.233 e. The summed E-state index contributed by atoms with van der Waals surface area (Å²) in [5.74, 6) is 0.0744. The van der Waals surface area contributed by atoms with E-state index in [1.807, 2.05) is 72.8 Å². The van der Waals surface area contributed by atoms with Crippen LogP contribution in [0.25, 0.3) is 0 Å². The molecule has 0 aliphatic heterocycles. The average molecular weight is 414 g/mol. The number of pyridine rings is 1. The second kappa shape index (κ2) is 10.1. The first-order valence-electron chi connectivity index (χ1n) is 9.20. The minimum Gasteiger partial charge on any atom is -0.383 e. The molecule has 1 amide bonds. The van der Waals surface area contributed by atoms with E-state index >= 15 is 0 Å². The quantitative estimate of drug-likeness (QED) is 0.592. The Labute approximate surface area is 179 Å². The van der Waals surface area contributed by atoms with Gasteiger partial charge in [-0.2, -0.15) is 10.5 Å². The zero-order chi connectivity index (χ0) is 21.3. The molecule has 1 heterocycles. The van der Waals surface area contributed by atoms with Crippen LogP contribution in [-0.4, -0.2) is 21.5 Å². The SMILES string of the molecule is N#Cc1cc(C#N)c(SCC(=O)N(Cc2ccccc2)Cc2ccccc2)nc1N. The van der Waals surface area contributed by atoms with Gasteiger partial charge in [-0.25, -0.2) is 4.98 Å². The number of rotatable bonds is 7. The highest BCUT2D eigenvalue weighted by Crippen LogP contribution is 2.24. The molecular formula is C23H19N5OS. The van der Waals surface area contributed by atoms with E-state index in [1.54, 1.807) is 4.90 Å². The number of benzene rings is 2. The van der Waals surface area contributed by atoms with Gasteiger partial charge in [0.05, 0.1) is 16.9 Å². The zero-order valence-corrected chi connectivity index (χ0v) is 17.0. The summed E-state index contributed by atoms with van der Waals surface area (Å²) in [5.41, 5.74) is 8.22. The number of aromatic nitrogens is 1. The van der Waals surface area contributed by atoms with E-state index in [9.17, 15) is 10.1 Å². The van der Waals surface area contributed by atoms with Crippen molar-refractivity contribution in [1.82, 2.24) is 9.88 Å². The van der Waals surface area contributed by atoms with E-state index in [4.69, 9.17) is 11.0 Å². The summed E-state index contributed by atoms with van der Waals surface area (Å²) in [6.07, 6.45) is 0. The summed E-state index contributed by atoms with van der Waals surface area (Å²) in [7, 11) is 0. The van der Waals surface area contributed by atoms with Crippen LogP contribution in [0.1, 0.15) is 22.3 Å². The molecule has 0 fully saturated rings. The lowest BCUT2D eigenvalue weighted by atomic mass is 10.1. The molecule has 7 heteroatoms. The lowest BCUT2D eigenvalue weighted by molar-refractivity contribution is -0.129. The van der Waals surface area contributed by atoms with Crippen LogP contribution in [0.3, 0.4) is 0 Å². The molecule has 0 saturated heterocycles. The number of thioether (sulfide) groups is 1. The molecule has 3 rings (SSSR count). The van der Waals surface area contributed by atoms with E-state index < -0.39 is 0 Å². The molecule has 3 aromatic rings. The Kier molecular flexibility index (Phi) is 7.05. The second-order valence-electron chi connectivity index (χ2n) is 6.51. The van der Waals surface area contributed by atoms with Gasteiger partial charge in [0.1, 0.15) is 23.0 Å². The Morgan fingerprint density at radius 1 is 0.933 bits per heavy atom. The molecule has 0 spiro atoms. The van der Waals surface area contributed by atoms with E-state index in [0.29, 0.717) is 18.1 Å². The average Bonchev–Trinajstić information content (AvgIpc) is 2.78. The summed E-state index contributed by atoms with van der Waals surface area (Å²) < 4.78 is 0. The third kappa shape index (κ3) is 5.38. The van der Waals surface area contributed by atoms with Gasteiger partial charge in [0.25, 0.3) is 0 Å². The molecule has 148 valence electrons. The molecule has 0 unspecified atom stereocenters. The molecule has 2 N–H and O–H groups in total. The van der Waals surface area contributed by atoms with E-state index in [2.05, 4.69) is 4.98 Å². The summed E-state index contributed by atoms with van der Waals surface area (Å²) in [5, 5.41) is 18.7. The number of nitrogens with zero attached hydrogens (tertiary/aromatic N) is 4. The summed E-state index contributed by atoms with van der Waals surface area (Å²) in [6.45, 7) is 0.951. The van der Waals surface area contributed by atoms with E-state index in [0.717, 1.165) is 22.9 Å². The van der Waals surface area contributed by atoms with Crippen molar-refractivity contribution in [3.05, 3.63) is 89.0 Å². The van der Waals surface area contributed by atoms with Gasteiger partial charge in [-0.3, -0.25) is 4.79 Å². The van der Waals surface area contributed by atoms with Crippen LogP contribution in [0.15, 0.2) is 71.8 Å². The highest BCUT2D eigenvalue weighted by atomic mass is 32.2. The molecule has 6 nitrogen and oxygen atoms in total. The van der Waals surface area contributed by atoms with Crippen LogP contribution in [0, 0.1) is 22.7 Å². The molecule has 0 aliphatic carbocycles. The number of hydrogen-bond acceptors (Lipinski definition) is 6. The van der Waals surface area contributed by atoms with Gasteiger partial charge in [0.2, 0.25) is 5.91 Å². The van der Waals surface area contributed by atoms with E-state index in [1.165, 1.54) is 6.07 Å². The molecule has 0 saturated carbocycles. The first kappa shape index (κ1) is 20.9. The number of nitrogens with two attached hydrogens (primary N) is 1. The Balaban J connectivity index is 1.77. The van der Waals surface area contributed by atoms with Gasteiger partial charge >= 0.3 is 0 Å². The van der Waals surface area contributed by atoms with Crippen LogP contribution in [0.4, 0.5) is 5.82 Å². The fourth-order valence-electron chi connectivity index (χ4n) is 2.85. The van der Waals surface area contributed by atoms with Crippen LogP contribution in [-0.2, 0) is 17.9 Å². The minimum absolute atomic E-state index is 0.0527. The Morgan fingerprint density at radius 2 is 1.47 bits per heavy atom. The molecule has 1 aromatic heterocycles. The highest BCUT2D eigenvalue weighted by Gasteiger charge is 2.17. The number of nitriles is 2. The summed E-state index contributed by atoms with van der Waals surface area (Å²) >= 11 is 1.15. The molecule has 0 radical (unpaired) electrons. The van der Waals surface area contributed by atoms with Gasteiger partial charge in [0, 0.05) is 13.1 Å².